The molecule has 0 bridgehead atoms. The minimum absolute atomic E-state index is 0.406. The number of aliphatic hydroxyl groups is 1. The van der Waals surface area contributed by atoms with Gasteiger partial charge in [-0.3, -0.25) is 14.3 Å². The second kappa shape index (κ2) is 6.69. The summed E-state index contributed by atoms with van der Waals surface area (Å²) in [6.07, 6.45) is 4.84. The summed E-state index contributed by atoms with van der Waals surface area (Å²) in [5.74, 6) is 1.09. The molecule has 3 aromatic rings. The molecule has 0 aliphatic carbocycles. The molecule has 0 fully saturated rings. The molecule has 0 saturated carbocycles. The van der Waals surface area contributed by atoms with Crippen molar-refractivity contribution in [1.82, 2.24) is 34.0 Å². The van der Waals surface area contributed by atoms with Crippen LogP contribution in [0.5, 0.6) is 0 Å². The van der Waals surface area contributed by atoms with Crippen LogP contribution in [0.15, 0.2) is 30.7 Å². The lowest BCUT2D eigenvalue weighted by Crippen LogP contribution is -2.34. The summed E-state index contributed by atoms with van der Waals surface area (Å²) in [7, 11) is 1.83. The fourth-order valence-corrected chi connectivity index (χ4v) is 3.55. The number of fused-ring (bicyclic) bond motifs is 1. The van der Waals surface area contributed by atoms with E-state index < -0.39 is 6.10 Å². The lowest BCUT2D eigenvalue weighted by Gasteiger charge is -2.27. The summed E-state index contributed by atoms with van der Waals surface area (Å²) in [6.45, 7) is 7.69. The Morgan fingerprint density at radius 3 is 2.81 bits per heavy atom. The molecule has 1 aliphatic rings. The zero-order valence-corrected chi connectivity index (χ0v) is 15.4. The highest BCUT2D eigenvalue weighted by atomic mass is 16.3. The first-order chi connectivity index (χ1) is 12.5. The van der Waals surface area contributed by atoms with Crippen LogP contribution in [0.1, 0.15) is 48.9 Å². The Labute approximate surface area is 152 Å². The molecule has 0 amide bonds. The Morgan fingerprint density at radius 1 is 1.23 bits per heavy atom. The van der Waals surface area contributed by atoms with Gasteiger partial charge in [-0.2, -0.15) is 10.2 Å². The van der Waals surface area contributed by atoms with Crippen molar-refractivity contribution in [3.8, 4) is 0 Å². The molecule has 1 aliphatic heterocycles. The highest BCUT2D eigenvalue weighted by molar-refractivity contribution is 5.22. The van der Waals surface area contributed by atoms with Gasteiger partial charge in [-0.25, -0.2) is 4.98 Å². The van der Waals surface area contributed by atoms with Gasteiger partial charge in [0.05, 0.1) is 30.2 Å². The summed E-state index contributed by atoms with van der Waals surface area (Å²) in [5.41, 5.74) is 2.54. The molecule has 8 nitrogen and oxygen atoms in total. The van der Waals surface area contributed by atoms with Crippen molar-refractivity contribution < 1.29 is 5.11 Å². The number of nitrogens with zero attached hydrogens (tertiary/aromatic N) is 7. The van der Waals surface area contributed by atoms with E-state index in [-0.39, 0.29) is 0 Å². The van der Waals surface area contributed by atoms with Gasteiger partial charge in [0.25, 0.3) is 0 Å². The molecule has 4 heterocycles. The maximum atomic E-state index is 10.6. The fourth-order valence-electron chi connectivity index (χ4n) is 3.55. The number of aliphatic hydroxyl groups excluding tert-OH is 1. The zero-order chi connectivity index (χ0) is 18.3. The van der Waals surface area contributed by atoms with E-state index in [0.29, 0.717) is 11.7 Å². The Hall–Kier alpha value is -2.45. The molecule has 0 aromatic carbocycles. The van der Waals surface area contributed by atoms with Crippen molar-refractivity contribution in [3.05, 3.63) is 53.6 Å². The largest absolute Gasteiger partial charge is 0.380 e. The normalized spacial score (nSPS) is 16.2. The second-order valence-corrected chi connectivity index (χ2v) is 7.12. The van der Waals surface area contributed by atoms with Gasteiger partial charge in [-0.15, -0.1) is 0 Å². The van der Waals surface area contributed by atoms with Crippen LogP contribution in [-0.2, 0) is 26.7 Å². The smallest absolute Gasteiger partial charge is 0.139 e. The van der Waals surface area contributed by atoms with Gasteiger partial charge in [0.2, 0.25) is 0 Å². The highest BCUT2D eigenvalue weighted by Gasteiger charge is 2.24. The lowest BCUT2D eigenvalue weighted by molar-refractivity contribution is 0.192. The maximum absolute atomic E-state index is 10.6. The third kappa shape index (κ3) is 3.06. The molecule has 8 heteroatoms. The van der Waals surface area contributed by atoms with Crippen LogP contribution in [0.25, 0.3) is 0 Å². The van der Waals surface area contributed by atoms with Crippen LogP contribution in [0, 0.1) is 0 Å². The van der Waals surface area contributed by atoms with Gasteiger partial charge in [-0.1, -0.05) is 0 Å². The monoisotopic (exact) mass is 355 g/mol. The van der Waals surface area contributed by atoms with Crippen LogP contribution in [0.4, 0.5) is 0 Å². The van der Waals surface area contributed by atoms with E-state index in [1.165, 1.54) is 0 Å². The SMILES string of the molecule is CC(C)n1ccnc1CN1CCn2nc([C@H](O)c3ccnn3C)cc2C1. The first kappa shape index (κ1) is 17.0. The first-order valence-corrected chi connectivity index (χ1v) is 8.99. The molecule has 26 heavy (non-hydrogen) atoms. The molecule has 1 atom stereocenters. The molecule has 0 radical (unpaired) electrons. The highest BCUT2D eigenvalue weighted by Crippen LogP contribution is 2.24. The molecule has 0 spiro atoms. The second-order valence-electron chi connectivity index (χ2n) is 7.12. The van der Waals surface area contributed by atoms with E-state index in [4.69, 9.17) is 0 Å². The molecule has 1 N–H and O–H groups in total. The van der Waals surface area contributed by atoms with E-state index in [2.05, 4.69) is 38.5 Å². The third-order valence-electron chi connectivity index (χ3n) is 4.99. The standard InChI is InChI=1S/C18H25N7O/c1-13(2)24-7-6-19-17(24)12-23-8-9-25-14(11-23)10-15(21-25)18(26)16-4-5-20-22(16)3/h4-7,10,13,18,26H,8-9,11-12H2,1-3H3/t18-/m0/s1. The summed E-state index contributed by atoms with van der Waals surface area (Å²) < 4.78 is 5.89. The van der Waals surface area contributed by atoms with Crippen LogP contribution < -0.4 is 0 Å². The van der Waals surface area contributed by atoms with E-state index in [9.17, 15) is 5.11 Å². The van der Waals surface area contributed by atoms with Crippen LogP contribution in [0.3, 0.4) is 0 Å². The van der Waals surface area contributed by atoms with Crippen molar-refractivity contribution in [2.24, 2.45) is 7.05 Å². The van der Waals surface area contributed by atoms with Gasteiger partial charge in [0.15, 0.2) is 0 Å². The molecule has 0 unspecified atom stereocenters. The molecule has 3 aromatic heterocycles. The van der Waals surface area contributed by atoms with Gasteiger partial charge >= 0.3 is 0 Å². The Morgan fingerprint density at radius 2 is 2.08 bits per heavy atom. The van der Waals surface area contributed by atoms with Crippen molar-refractivity contribution in [2.75, 3.05) is 6.54 Å². The van der Waals surface area contributed by atoms with Crippen molar-refractivity contribution in [2.45, 2.75) is 45.6 Å². The number of aryl methyl sites for hydroxylation is 1. The molecule has 138 valence electrons. The molecule has 0 saturated heterocycles. The minimum atomic E-state index is -0.756. The quantitative estimate of drug-likeness (QED) is 0.750. The molecular weight excluding hydrogens is 330 g/mol. The number of aromatic nitrogens is 6. The lowest BCUT2D eigenvalue weighted by atomic mass is 10.1. The van der Waals surface area contributed by atoms with E-state index in [1.54, 1.807) is 10.9 Å². The number of rotatable bonds is 5. The topological polar surface area (TPSA) is 76.9 Å². The summed E-state index contributed by atoms with van der Waals surface area (Å²) >= 11 is 0. The van der Waals surface area contributed by atoms with E-state index in [1.807, 2.05) is 36.3 Å². The number of imidazole rings is 1. The molecular formula is C18H25N7O. The van der Waals surface area contributed by atoms with Crippen molar-refractivity contribution in [1.29, 1.82) is 0 Å². The minimum Gasteiger partial charge on any atom is -0.380 e. The summed E-state index contributed by atoms with van der Waals surface area (Å²) in [6, 6.07) is 4.23. The van der Waals surface area contributed by atoms with Gasteiger partial charge in [0, 0.05) is 44.8 Å². The summed E-state index contributed by atoms with van der Waals surface area (Å²) in [5, 5.41) is 19.3. The van der Waals surface area contributed by atoms with Crippen molar-refractivity contribution in [3.63, 3.8) is 0 Å². The number of hydrogen-bond donors (Lipinski definition) is 1. The van der Waals surface area contributed by atoms with Crippen LogP contribution in [-0.4, -0.2) is 45.7 Å². The average molecular weight is 355 g/mol. The van der Waals surface area contributed by atoms with Crippen LogP contribution >= 0.6 is 0 Å². The maximum Gasteiger partial charge on any atom is 0.139 e. The van der Waals surface area contributed by atoms with Crippen molar-refractivity contribution >= 4 is 0 Å². The predicted molar refractivity (Wildman–Crippen MR) is 96.2 cm³/mol. The van der Waals surface area contributed by atoms with Gasteiger partial charge in [-0.05, 0) is 26.0 Å². The average Bonchev–Trinajstić information content (AvgIpc) is 3.32. The first-order valence-electron chi connectivity index (χ1n) is 8.99. The Balaban J connectivity index is 1.50. The van der Waals surface area contributed by atoms with Gasteiger partial charge < -0.3 is 9.67 Å². The van der Waals surface area contributed by atoms with E-state index >= 15 is 0 Å². The molecule has 4 rings (SSSR count). The number of hydrogen-bond acceptors (Lipinski definition) is 5. The third-order valence-corrected chi connectivity index (χ3v) is 4.99. The fraction of sp³-hybridized carbons (Fsp3) is 0.500. The summed E-state index contributed by atoms with van der Waals surface area (Å²) in [4.78, 5) is 6.89. The Bertz CT molecular complexity index is 891. The predicted octanol–water partition coefficient (Wildman–Crippen LogP) is 1.49. The zero-order valence-electron chi connectivity index (χ0n) is 15.4. The Kier molecular flexibility index (Phi) is 4.37. The van der Waals surface area contributed by atoms with Crippen LogP contribution in [0.2, 0.25) is 0 Å². The van der Waals surface area contributed by atoms with E-state index in [0.717, 1.165) is 43.4 Å². The van der Waals surface area contributed by atoms with Gasteiger partial charge in [0.1, 0.15) is 11.9 Å².